The number of amides is 2. The van der Waals surface area contributed by atoms with Crippen LogP contribution >= 0.6 is 0 Å². The molecule has 2 rings (SSSR count). The van der Waals surface area contributed by atoms with Crippen molar-refractivity contribution in [2.24, 2.45) is 0 Å². The summed E-state index contributed by atoms with van der Waals surface area (Å²) in [6.45, 7) is 9.86. The Hall–Kier alpha value is -2.82. The predicted octanol–water partition coefficient (Wildman–Crippen LogP) is 3.67. The van der Waals surface area contributed by atoms with Crippen LogP contribution in [0.2, 0.25) is 0 Å². The van der Waals surface area contributed by atoms with Gasteiger partial charge in [0.05, 0.1) is 0 Å². The number of carbonyl (C=O) groups excluding carboxylic acids is 2. The van der Waals surface area contributed by atoms with E-state index < -0.39 is 6.04 Å². The highest BCUT2D eigenvalue weighted by Gasteiger charge is 2.26. The number of hydrogen-bond acceptors (Lipinski definition) is 3. The summed E-state index contributed by atoms with van der Waals surface area (Å²) in [6.07, 6.45) is 0.676. The van der Waals surface area contributed by atoms with Gasteiger partial charge in [0, 0.05) is 12.6 Å². The van der Waals surface area contributed by atoms with Gasteiger partial charge in [0.2, 0.25) is 5.91 Å². The Labute approximate surface area is 174 Å². The minimum Gasteiger partial charge on any atom is -0.483 e. The molecule has 0 saturated heterocycles. The number of hydrogen-bond donors (Lipinski definition) is 1. The molecule has 2 amide bonds. The third-order valence-electron chi connectivity index (χ3n) is 4.78. The molecular weight excluding hydrogens is 364 g/mol. The van der Waals surface area contributed by atoms with E-state index >= 15 is 0 Å². The highest BCUT2D eigenvalue weighted by Crippen LogP contribution is 2.19. The highest BCUT2D eigenvalue weighted by atomic mass is 16.5. The Morgan fingerprint density at radius 3 is 2.38 bits per heavy atom. The second-order valence-corrected chi connectivity index (χ2v) is 7.72. The summed E-state index contributed by atoms with van der Waals surface area (Å²) in [5.41, 5.74) is 3.17. The number of rotatable bonds is 9. The van der Waals surface area contributed by atoms with Gasteiger partial charge in [0.1, 0.15) is 11.8 Å². The molecular formula is C24H32N2O3. The van der Waals surface area contributed by atoms with Gasteiger partial charge in [-0.25, -0.2) is 0 Å². The lowest BCUT2D eigenvalue weighted by molar-refractivity contribution is -0.141. The first kappa shape index (κ1) is 22.5. The van der Waals surface area contributed by atoms with E-state index in [0.29, 0.717) is 18.7 Å². The quantitative estimate of drug-likeness (QED) is 0.704. The molecule has 2 aromatic carbocycles. The second-order valence-electron chi connectivity index (χ2n) is 7.72. The van der Waals surface area contributed by atoms with Crippen molar-refractivity contribution in [3.63, 3.8) is 0 Å². The van der Waals surface area contributed by atoms with E-state index in [1.54, 1.807) is 11.8 Å². The average molecular weight is 397 g/mol. The highest BCUT2D eigenvalue weighted by molar-refractivity contribution is 5.88. The van der Waals surface area contributed by atoms with E-state index in [-0.39, 0.29) is 24.5 Å². The molecule has 0 saturated carbocycles. The van der Waals surface area contributed by atoms with Gasteiger partial charge in [-0.15, -0.1) is 0 Å². The van der Waals surface area contributed by atoms with Gasteiger partial charge in [-0.1, -0.05) is 42.5 Å². The standard InChI is InChI=1S/C24H32N2O3/c1-17(2)25-24(28)20(5)26(14-13-21-9-7-6-8-10-21)23(27)16-29-22-15-18(3)11-12-19(22)4/h6-12,15,17,20H,13-14,16H2,1-5H3,(H,25,28). The zero-order valence-electron chi connectivity index (χ0n) is 18.1. The Morgan fingerprint density at radius 1 is 1.03 bits per heavy atom. The third-order valence-corrected chi connectivity index (χ3v) is 4.78. The number of benzene rings is 2. The molecule has 156 valence electrons. The normalized spacial score (nSPS) is 11.8. The molecule has 1 unspecified atom stereocenters. The van der Waals surface area contributed by atoms with Gasteiger partial charge in [0.25, 0.3) is 5.91 Å². The average Bonchev–Trinajstić information content (AvgIpc) is 2.68. The van der Waals surface area contributed by atoms with Crippen LogP contribution in [0.5, 0.6) is 5.75 Å². The third kappa shape index (κ3) is 6.93. The van der Waals surface area contributed by atoms with Crippen LogP contribution in [-0.2, 0) is 16.0 Å². The lowest BCUT2D eigenvalue weighted by Gasteiger charge is -2.29. The smallest absolute Gasteiger partial charge is 0.261 e. The molecule has 0 aliphatic carbocycles. The maximum atomic E-state index is 13.0. The van der Waals surface area contributed by atoms with E-state index in [1.165, 1.54) is 0 Å². The van der Waals surface area contributed by atoms with Crippen molar-refractivity contribution in [1.29, 1.82) is 0 Å². The van der Waals surface area contributed by atoms with Gasteiger partial charge in [-0.3, -0.25) is 9.59 Å². The summed E-state index contributed by atoms with van der Waals surface area (Å²) in [5.74, 6) is 0.335. The summed E-state index contributed by atoms with van der Waals surface area (Å²) in [6, 6.07) is 15.3. The van der Waals surface area contributed by atoms with Crippen molar-refractivity contribution < 1.29 is 14.3 Å². The zero-order valence-corrected chi connectivity index (χ0v) is 18.1. The maximum Gasteiger partial charge on any atom is 0.261 e. The van der Waals surface area contributed by atoms with Crippen LogP contribution in [0.4, 0.5) is 0 Å². The first-order valence-corrected chi connectivity index (χ1v) is 10.1. The molecule has 1 atom stereocenters. The fourth-order valence-electron chi connectivity index (χ4n) is 3.06. The molecule has 0 spiro atoms. The molecule has 0 aliphatic rings. The fraction of sp³-hybridized carbons (Fsp3) is 0.417. The van der Waals surface area contributed by atoms with E-state index in [9.17, 15) is 9.59 Å². The van der Waals surface area contributed by atoms with E-state index in [2.05, 4.69) is 5.32 Å². The molecule has 1 N–H and O–H groups in total. The van der Waals surface area contributed by atoms with Crippen LogP contribution in [0.25, 0.3) is 0 Å². The summed E-state index contributed by atoms with van der Waals surface area (Å²) < 4.78 is 5.80. The summed E-state index contributed by atoms with van der Waals surface area (Å²) in [5, 5.41) is 2.89. The fourth-order valence-corrected chi connectivity index (χ4v) is 3.06. The minimum absolute atomic E-state index is 0.0159. The van der Waals surface area contributed by atoms with Gasteiger partial charge >= 0.3 is 0 Å². The van der Waals surface area contributed by atoms with Gasteiger partial charge in [0.15, 0.2) is 6.61 Å². The molecule has 29 heavy (non-hydrogen) atoms. The Balaban J connectivity index is 2.10. The lowest BCUT2D eigenvalue weighted by Crippen LogP contribution is -2.51. The summed E-state index contributed by atoms with van der Waals surface area (Å²) >= 11 is 0. The van der Waals surface area contributed by atoms with Crippen molar-refractivity contribution in [2.45, 2.75) is 53.1 Å². The van der Waals surface area contributed by atoms with Gasteiger partial charge < -0.3 is 15.0 Å². The minimum atomic E-state index is -0.573. The van der Waals surface area contributed by atoms with Gasteiger partial charge in [-0.05, 0) is 63.8 Å². The largest absolute Gasteiger partial charge is 0.483 e. The molecule has 0 bridgehead atoms. The van der Waals surface area contributed by atoms with Crippen LogP contribution in [0, 0.1) is 13.8 Å². The van der Waals surface area contributed by atoms with Crippen molar-refractivity contribution in [2.75, 3.05) is 13.2 Å². The van der Waals surface area contributed by atoms with E-state index in [1.807, 2.05) is 76.2 Å². The van der Waals surface area contributed by atoms with Crippen molar-refractivity contribution in [3.05, 3.63) is 65.2 Å². The lowest BCUT2D eigenvalue weighted by atomic mass is 10.1. The SMILES string of the molecule is Cc1ccc(C)c(OCC(=O)N(CCc2ccccc2)C(C)C(=O)NC(C)C)c1. The van der Waals surface area contributed by atoms with Crippen molar-refractivity contribution >= 4 is 11.8 Å². The molecule has 0 aliphatic heterocycles. The van der Waals surface area contributed by atoms with Crippen LogP contribution in [0.3, 0.4) is 0 Å². The number of aryl methyl sites for hydroxylation is 2. The summed E-state index contributed by atoms with van der Waals surface area (Å²) in [4.78, 5) is 27.1. The van der Waals surface area contributed by atoms with Crippen molar-refractivity contribution in [1.82, 2.24) is 10.2 Å². The number of nitrogens with zero attached hydrogens (tertiary/aromatic N) is 1. The molecule has 2 aromatic rings. The van der Waals surface area contributed by atoms with Gasteiger partial charge in [-0.2, -0.15) is 0 Å². The van der Waals surface area contributed by atoms with Crippen LogP contribution in [0.15, 0.2) is 48.5 Å². The topological polar surface area (TPSA) is 58.6 Å². The Kier molecular flexibility index (Phi) is 8.25. The van der Waals surface area contributed by atoms with E-state index in [0.717, 1.165) is 16.7 Å². The number of ether oxygens (including phenoxy) is 1. The first-order chi connectivity index (χ1) is 13.8. The Morgan fingerprint density at radius 2 is 1.72 bits per heavy atom. The summed E-state index contributed by atoms with van der Waals surface area (Å²) in [7, 11) is 0. The Bertz CT molecular complexity index is 818. The molecule has 0 aromatic heterocycles. The van der Waals surface area contributed by atoms with E-state index in [4.69, 9.17) is 4.74 Å². The molecule has 5 nitrogen and oxygen atoms in total. The van der Waals surface area contributed by atoms with Crippen LogP contribution in [-0.4, -0.2) is 41.9 Å². The zero-order chi connectivity index (χ0) is 21.4. The van der Waals surface area contributed by atoms with Crippen LogP contribution < -0.4 is 10.1 Å². The first-order valence-electron chi connectivity index (χ1n) is 10.1. The molecule has 5 heteroatoms. The molecule has 0 radical (unpaired) electrons. The second kappa shape index (κ2) is 10.6. The van der Waals surface area contributed by atoms with Crippen molar-refractivity contribution in [3.8, 4) is 5.75 Å². The predicted molar refractivity (Wildman–Crippen MR) is 116 cm³/mol. The number of nitrogens with one attached hydrogen (secondary N) is 1. The molecule has 0 fully saturated rings. The number of carbonyl (C=O) groups is 2. The maximum absolute atomic E-state index is 13.0. The monoisotopic (exact) mass is 396 g/mol. The molecule has 0 heterocycles. The van der Waals surface area contributed by atoms with Crippen LogP contribution in [0.1, 0.15) is 37.5 Å².